The lowest BCUT2D eigenvalue weighted by Crippen LogP contribution is -2.33. The molecule has 0 saturated heterocycles. The average Bonchev–Trinajstić information content (AvgIpc) is 2.79. The summed E-state index contributed by atoms with van der Waals surface area (Å²) >= 11 is 0. The molecule has 0 spiro atoms. The Balaban J connectivity index is 2.29. The van der Waals surface area contributed by atoms with Crippen molar-refractivity contribution in [1.82, 2.24) is 10.3 Å². The van der Waals surface area contributed by atoms with Crippen molar-refractivity contribution in [2.24, 2.45) is 0 Å². The fourth-order valence-electron chi connectivity index (χ4n) is 1.13. The third kappa shape index (κ3) is 3.74. The predicted molar refractivity (Wildman–Crippen MR) is 55.8 cm³/mol. The molecule has 3 N–H and O–H groups in total. The normalized spacial score (nSPS) is 11.9. The molecule has 0 unspecified atom stereocenters. The summed E-state index contributed by atoms with van der Waals surface area (Å²) < 4.78 is 4.38. The van der Waals surface area contributed by atoms with E-state index in [1.54, 1.807) is 18.3 Å². The highest BCUT2D eigenvalue weighted by Crippen LogP contribution is 1.96. The number of amides is 1. The van der Waals surface area contributed by atoms with Crippen LogP contribution in [0.5, 0.6) is 0 Å². The first kappa shape index (κ1) is 12.3. The first-order valence-electron chi connectivity index (χ1n) is 4.80. The third-order valence-corrected chi connectivity index (χ3v) is 1.97. The number of aliphatic hydroxyl groups excluding tert-OH is 1. The van der Waals surface area contributed by atoms with Gasteiger partial charge in [0.25, 0.3) is 5.91 Å². The number of aromatic nitrogens is 1. The average molecular weight is 226 g/mol. The van der Waals surface area contributed by atoms with E-state index in [1.807, 2.05) is 0 Å². The Labute approximate surface area is 92.6 Å². The number of nitrogens with one attached hydrogen (secondary N) is 2. The summed E-state index contributed by atoms with van der Waals surface area (Å²) in [5.74, 6) is -0.837. The van der Waals surface area contributed by atoms with Crippen LogP contribution in [0.3, 0.4) is 0 Å². The number of H-pyrrole nitrogens is 1. The van der Waals surface area contributed by atoms with Crippen molar-refractivity contribution in [2.45, 2.75) is 12.5 Å². The maximum Gasteiger partial charge on any atom is 0.308 e. The number of hydrogen-bond acceptors (Lipinski definition) is 4. The van der Waals surface area contributed by atoms with Crippen LogP contribution >= 0.6 is 0 Å². The van der Waals surface area contributed by atoms with E-state index in [9.17, 15) is 14.7 Å². The summed E-state index contributed by atoms with van der Waals surface area (Å²) in [6.07, 6.45) is 0.549. The molecule has 88 valence electrons. The van der Waals surface area contributed by atoms with Crippen molar-refractivity contribution in [3.63, 3.8) is 0 Å². The van der Waals surface area contributed by atoms with E-state index in [2.05, 4.69) is 15.0 Å². The molecular weight excluding hydrogens is 212 g/mol. The van der Waals surface area contributed by atoms with Gasteiger partial charge in [-0.05, 0) is 12.1 Å². The van der Waals surface area contributed by atoms with Crippen LogP contribution in [0.25, 0.3) is 0 Å². The van der Waals surface area contributed by atoms with Crippen LogP contribution in [0.1, 0.15) is 16.9 Å². The Hall–Kier alpha value is -1.82. The van der Waals surface area contributed by atoms with Gasteiger partial charge in [-0.2, -0.15) is 0 Å². The van der Waals surface area contributed by atoms with Crippen molar-refractivity contribution in [3.05, 3.63) is 24.0 Å². The second-order valence-corrected chi connectivity index (χ2v) is 3.23. The van der Waals surface area contributed by atoms with Crippen LogP contribution in [-0.2, 0) is 9.53 Å². The standard InChI is InChI=1S/C10H14N2O4/c1-16-9(14)5-7(13)6-12-10(15)8-3-2-4-11-8/h2-4,7,11,13H,5-6H2,1H3,(H,12,15)/t7-/m1/s1. The van der Waals surface area contributed by atoms with Gasteiger partial charge in [-0.3, -0.25) is 9.59 Å². The number of hydrogen-bond donors (Lipinski definition) is 3. The molecule has 0 aliphatic heterocycles. The number of esters is 1. The molecule has 0 saturated carbocycles. The number of aliphatic hydroxyl groups is 1. The molecule has 1 aromatic heterocycles. The summed E-state index contributed by atoms with van der Waals surface area (Å²) in [6.45, 7) is 0.00690. The first-order valence-corrected chi connectivity index (χ1v) is 4.80. The van der Waals surface area contributed by atoms with Crippen molar-refractivity contribution >= 4 is 11.9 Å². The molecule has 1 rings (SSSR count). The lowest BCUT2D eigenvalue weighted by atomic mass is 10.2. The van der Waals surface area contributed by atoms with Crippen molar-refractivity contribution < 1.29 is 19.4 Å². The Bertz CT molecular complexity index is 348. The minimum atomic E-state index is -0.939. The number of aromatic amines is 1. The third-order valence-electron chi connectivity index (χ3n) is 1.97. The minimum Gasteiger partial charge on any atom is -0.469 e. The molecular formula is C10H14N2O4. The van der Waals surface area contributed by atoms with E-state index >= 15 is 0 Å². The van der Waals surface area contributed by atoms with Crippen molar-refractivity contribution in [3.8, 4) is 0 Å². The number of carbonyl (C=O) groups excluding carboxylic acids is 2. The second-order valence-electron chi connectivity index (χ2n) is 3.23. The van der Waals surface area contributed by atoms with Crippen molar-refractivity contribution in [1.29, 1.82) is 0 Å². The van der Waals surface area contributed by atoms with E-state index < -0.39 is 12.1 Å². The quantitative estimate of drug-likeness (QED) is 0.599. The maximum absolute atomic E-state index is 11.4. The maximum atomic E-state index is 11.4. The largest absolute Gasteiger partial charge is 0.469 e. The van der Waals surface area contributed by atoms with Crippen molar-refractivity contribution in [2.75, 3.05) is 13.7 Å². The number of carbonyl (C=O) groups is 2. The van der Waals surface area contributed by atoms with E-state index in [-0.39, 0.29) is 18.9 Å². The molecule has 0 fully saturated rings. The van der Waals surface area contributed by atoms with E-state index in [4.69, 9.17) is 0 Å². The fourth-order valence-corrected chi connectivity index (χ4v) is 1.13. The van der Waals surface area contributed by atoms with Gasteiger partial charge in [0.05, 0.1) is 19.6 Å². The zero-order valence-corrected chi connectivity index (χ0v) is 8.90. The highest BCUT2D eigenvalue weighted by molar-refractivity contribution is 5.92. The van der Waals surface area contributed by atoms with E-state index in [0.29, 0.717) is 5.69 Å². The monoisotopic (exact) mass is 226 g/mol. The van der Waals surface area contributed by atoms with Gasteiger partial charge in [-0.15, -0.1) is 0 Å². The minimum absolute atomic E-state index is 0.00690. The second kappa shape index (κ2) is 5.92. The number of methoxy groups -OCH3 is 1. The molecule has 0 bridgehead atoms. The Morgan fingerprint density at radius 2 is 2.38 bits per heavy atom. The van der Waals surface area contributed by atoms with Gasteiger partial charge in [0, 0.05) is 12.7 Å². The summed E-state index contributed by atoms with van der Waals surface area (Å²) in [4.78, 5) is 24.9. The SMILES string of the molecule is COC(=O)C[C@@H](O)CNC(=O)c1ccc[nH]1. The highest BCUT2D eigenvalue weighted by atomic mass is 16.5. The van der Waals surface area contributed by atoms with Gasteiger partial charge in [0.2, 0.25) is 0 Å². The van der Waals surface area contributed by atoms with Gasteiger partial charge < -0.3 is 20.1 Å². The molecule has 6 heteroatoms. The van der Waals surface area contributed by atoms with Crippen LogP contribution in [0.2, 0.25) is 0 Å². The first-order chi connectivity index (χ1) is 7.63. The van der Waals surface area contributed by atoms with Gasteiger partial charge >= 0.3 is 5.97 Å². The van der Waals surface area contributed by atoms with E-state index in [1.165, 1.54) is 7.11 Å². The van der Waals surface area contributed by atoms with Crippen LogP contribution in [0.15, 0.2) is 18.3 Å². The van der Waals surface area contributed by atoms with Gasteiger partial charge in [0.15, 0.2) is 0 Å². The van der Waals surface area contributed by atoms with Gasteiger partial charge in [-0.1, -0.05) is 0 Å². The van der Waals surface area contributed by atoms with E-state index in [0.717, 1.165) is 0 Å². The smallest absolute Gasteiger partial charge is 0.308 e. The molecule has 1 atom stereocenters. The fraction of sp³-hybridized carbons (Fsp3) is 0.400. The summed E-state index contributed by atoms with van der Waals surface area (Å²) in [5.41, 5.74) is 0.408. The molecule has 1 heterocycles. The molecule has 0 aromatic carbocycles. The molecule has 1 amide bonds. The Morgan fingerprint density at radius 3 is 2.94 bits per heavy atom. The van der Waals surface area contributed by atoms with Crippen LogP contribution in [0.4, 0.5) is 0 Å². The summed E-state index contributed by atoms with van der Waals surface area (Å²) in [6, 6.07) is 3.31. The molecule has 0 aliphatic carbocycles. The molecule has 16 heavy (non-hydrogen) atoms. The van der Waals surface area contributed by atoms with Crippen LogP contribution in [-0.4, -0.2) is 41.7 Å². The summed E-state index contributed by atoms with van der Waals surface area (Å²) in [7, 11) is 1.24. The molecule has 0 aliphatic rings. The zero-order chi connectivity index (χ0) is 12.0. The Morgan fingerprint density at radius 1 is 1.62 bits per heavy atom. The van der Waals surface area contributed by atoms with Gasteiger partial charge in [-0.25, -0.2) is 0 Å². The number of ether oxygens (including phenoxy) is 1. The lowest BCUT2D eigenvalue weighted by molar-refractivity contribution is -0.142. The summed E-state index contributed by atoms with van der Waals surface area (Å²) in [5, 5.41) is 11.9. The van der Waals surface area contributed by atoms with Crippen LogP contribution < -0.4 is 5.32 Å². The predicted octanol–water partition coefficient (Wildman–Crippen LogP) is -0.332. The Kier molecular flexibility index (Phi) is 4.53. The number of rotatable bonds is 5. The van der Waals surface area contributed by atoms with Gasteiger partial charge in [0.1, 0.15) is 5.69 Å². The van der Waals surface area contributed by atoms with Crippen LogP contribution in [0, 0.1) is 0 Å². The molecule has 0 radical (unpaired) electrons. The highest BCUT2D eigenvalue weighted by Gasteiger charge is 2.13. The molecule has 1 aromatic rings. The lowest BCUT2D eigenvalue weighted by Gasteiger charge is -2.09. The molecule has 6 nitrogen and oxygen atoms in total. The zero-order valence-electron chi connectivity index (χ0n) is 8.90. The topological polar surface area (TPSA) is 91.4 Å².